The van der Waals surface area contributed by atoms with Gasteiger partial charge in [0.2, 0.25) is 5.91 Å². The number of rotatable bonds is 7. The Balaban J connectivity index is 1.68. The van der Waals surface area contributed by atoms with Crippen LogP contribution in [-0.2, 0) is 4.79 Å². The van der Waals surface area contributed by atoms with E-state index < -0.39 is 10.8 Å². The van der Waals surface area contributed by atoms with E-state index in [2.05, 4.69) is 15.5 Å². The molecule has 1 N–H and O–H groups in total. The molecule has 0 fully saturated rings. The summed E-state index contributed by atoms with van der Waals surface area (Å²) >= 11 is 1.18. The number of amides is 1. The summed E-state index contributed by atoms with van der Waals surface area (Å²) in [5.41, 5.74) is 0.743. The molecule has 10 heteroatoms. The minimum atomic E-state index is -0.572. The van der Waals surface area contributed by atoms with Gasteiger partial charge >= 0.3 is 0 Å². The van der Waals surface area contributed by atoms with Crippen molar-refractivity contribution in [3.8, 4) is 11.4 Å². The van der Waals surface area contributed by atoms with Gasteiger partial charge in [-0.3, -0.25) is 19.5 Å². The van der Waals surface area contributed by atoms with Crippen LogP contribution in [0.2, 0.25) is 0 Å². The van der Waals surface area contributed by atoms with Gasteiger partial charge in [-0.05, 0) is 24.3 Å². The number of hydrogen-bond acceptors (Lipinski definition) is 7. The zero-order valence-corrected chi connectivity index (χ0v) is 15.0. The average molecular weight is 385 g/mol. The molecule has 0 atom stereocenters. The molecule has 0 saturated heterocycles. The van der Waals surface area contributed by atoms with Crippen molar-refractivity contribution in [2.45, 2.75) is 5.16 Å². The van der Waals surface area contributed by atoms with E-state index in [1.165, 1.54) is 31.0 Å². The molecule has 3 aromatic rings. The summed E-state index contributed by atoms with van der Waals surface area (Å²) in [7, 11) is 1.41. The molecule has 0 aliphatic rings. The standard InChI is InChI=1S/C17H15N5O4S/c1-26-13-7-8-14(15(9-13)22(24)25)19-16(23)10-27-17-20-18-11-21(17)12-5-3-2-4-6-12/h2-9,11H,10H2,1H3,(H,19,23). The predicted molar refractivity (Wildman–Crippen MR) is 100 cm³/mol. The number of hydrogen-bond donors (Lipinski definition) is 1. The highest BCUT2D eigenvalue weighted by Crippen LogP contribution is 2.29. The topological polar surface area (TPSA) is 112 Å². The third-order valence-electron chi connectivity index (χ3n) is 3.56. The molecule has 27 heavy (non-hydrogen) atoms. The van der Waals surface area contributed by atoms with Crippen molar-refractivity contribution >= 4 is 29.0 Å². The first-order valence-corrected chi connectivity index (χ1v) is 8.77. The monoisotopic (exact) mass is 385 g/mol. The summed E-state index contributed by atoms with van der Waals surface area (Å²) in [5, 5.41) is 22.2. The predicted octanol–water partition coefficient (Wildman–Crippen LogP) is 2.91. The molecule has 0 aliphatic heterocycles. The number of anilines is 1. The number of nitro benzene ring substituents is 1. The highest BCUT2D eigenvalue weighted by Gasteiger charge is 2.18. The van der Waals surface area contributed by atoms with E-state index in [0.29, 0.717) is 10.9 Å². The van der Waals surface area contributed by atoms with Crippen molar-refractivity contribution < 1.29 is 14.5 Å². The van der Waals surface area contributed by atoms with E-state index in [4.69, 9.17) is 4.74 Å². The van der Waals surface area contributed by atoms with Crippen LogP contribution in [0.15, 0.2) is 60.0 Å². The maximum Gasteiger partial charge on any atom is 0.296 e. The molecule has 1 aromatic heterocycles. The Labute approximate surface area is 158 Å². The third kappa shape index (κ3) is 4.42. The smallest absolute Gasteiger partial charge is 0.296 e. The summed E-state index contributed by atoms with van der Waals surface area (Å²) < 4.78 is 6.74. The summed E-state index contributed by atoms with van der Waals surface area (Å²) in [5.74, 6) is -0.0322. The summed E-state index contributed by atoms with van der Waals surface area (Å²) in [4.78, 5) is 22.9. The van der Waals surface area contributed by atoms with Crippen LogP contribution in [0.1, 0.15) is 0 Å². The van der Waals surface area contributed by atoms with Crippen molar-refractivity contribution in [2.75, 3.05) is 18.2 Å². The Kier molecular flexibility index (Phi) is 5.67. The number of methoxy groups -OCH3 is 1. The lowest BCUT2D eigenvalue weighted by Gasteiger charge is -2.08. The maximum atomic E-state index is 12.2. The van der Waals surface area contributed by atoms with Crippen LogP contribution in [0, 0.1) is 10.1 Å². The van der Waals surface area contributed by atoms with Gasteiger partial charge in [0, 0.05) is 5.69 Å². The van der Waals surface area contributed by atoms with Crippen molar-refractivity contribution in [1.29, 1.82) is 0 Å². The number of benzene rings is 2. The van der Waals surface area contributed by atoms with Gasteiger partial charge in [0.05, 0.1) is 23.9 Å². The van der Waals surface area contributed by atoms with Gasteiger partial charge in [-0.25, -0.2) is 0 Å². The highest BCUT2D eigenvalue weighted by molar-refractivity contribution is 7.99. The lowest BCUT2D eigenvalue weighted by molar-refractivity contribution is -0.384. The summed E-state index contributed by atoms with van der Waals surface area (Å²) in [6.45, 7) is 0. The quantitative estimate of drug-likeness (QED) is 0.378. The van der Waals surface area contributed by atoms with Gasteiger partial charge in [0.15, 0.2) is 5.16 Å². The maximum absolute atomic E-state index is 12.2. The van der Waals surface area contributed by atoms with Crippen LogP contribution in [0.5, 0.6) is 5.75 Å². The first kappa shape index (κ1) is 18.4. The molecule has 0 spiro atoms. The van der Waals surface area contributed by atoms with E-state index in [1.807, 2.05) is 30.3 Å². The van der Waals surface area contributed by atoms with Gasteiger partial charge in [-0.1, -0.05) is 30.0 Å². The molecule has 0 radical (unpaired) electrons. The zero-order valence-electron chi connectivity index (χ0n) is 14.2. The molecule has 1 heterocycles. The summed E-state index contributed by atoms with van der Waals surface area (Å²) in [6, 6.07) is 13.7. The highest BCUT2D eigenvalue weighted by atomic mass is 32.2. The minimum Gasteiger partial charge on any atom is -0.496 e. The van der Waals surface area contributed by atoms with Crippen molar-refractivity contribution in [1.82, 2.24) is 14.8 Å². The van der Waals surface area contributed by atoms with Gasteiger partial charge in [-0.2, -0.15) is 0 Å². The molecule has 138 valence electrons. The Bertz CT molecular complexity index is 961. The third-order valence-corrected chi connectivity index (χ3v) is 4.50. The van der Waals surface area contributed by atoms with Gasteiger partial charge in [0.25, 0.3) is 5.69 Å². The molecule has 9 nitrogen and oxygen atoms in total. The molecule has 0 aliphatic carbocycles. The van der Waals surface area contributed by atoms with Crippen molar-refractivity contribution in [2.24, 2.45) is 0 Å². The second-order valence-electron chi connectivity index (χ2n) is 5.30. The lowest BCUT2D eigenvalue weighted by Crippen LogP contribution is -2.15. The van der Waals surface area contributed by atoms with Crippen LogP contribution >= 0.6 is 11.8 Å². The number of nitro groups is 1. The van der Waals surface area contributed by atoms with Crippen LogP contribution in [0.4, 0.5) is 11.4 Å². The van der Waals surface area contributed by atoms with Crippen LogP contribution in [-0.4, -0.2) is 38.5 Å². The molecular formula is C17H15N5O4S. The number of aromatic nitrogens is 3. The van der Waals surface area contributed by atoms with Crippen LogP contribution < -0.4 is 10.1 Å². The van der Waals surface area contributed by atoms with E-state index in [9.17, 15) is 14.9 Å². The van der Waals surface area contributed by atoms with Gasteiger partial charge in [0.1, 0.15) is 17.8 Å². The summed E-state index contributed by atoms with van der Waals surface area (Å²) in [6.07, 6.45) is 1.56. The fourth-order valence-corrected chi connectivity index (χ4v) is 3.03. The zero-order chi connectivity index (χ0) is 19.2. The number of nitrogens with one attached hydrogen (secondary N) is 1. The molecule has 0 saturated carbocycles. The van der Waals surface area contributed by atoms with Gasteiger partial charge < -0.3 is 10.1 Å². The largest absolute Gasteiger partial charge is 0.496 e. The Morgan fingerprint density at radius 1 is 1.30 bits per heavy atom. The second-order valence-corrected chi connectivity index (χ2v) is 6.24. The SMILES string of the molecule is COc1ccc(NC(=O)CSc2nncn2-c2ccccc2)c([N+](=O)[O-])c1. The van der Waals surface area contributed by atoms with E-state index in [-0.39, 0.29) is 17.1 Å². The van der Waals surface area contributed by atoms with Crippen LogP contribution in [0.3, 0.4) is 0 Å². The normalized spacial score (nSPS) is 10.4. The number of carbonyl (C=O) groups excluding carboxylic acids is 1. The van der Waals surface area contributed by atoms with E-state index in [0.717, 1.165) is 5.69 Å². The lowest BCUT2D eigenvalue weighted by atomic mass is 10.2. The number of ether oxygens (including phenoxy) is 1. The van der Waals surface area contributed by atoms with E-state index in [1.54, 1.807) is 17.0 Å². The first-order valence-electron chi connectivity index (χ1n) is 7.79. The molecule has 2 aromatic carbocycles. The molecular weight excluding hydrogens is 370 g/mol. The fraction of sp³-hybridized carbons (Fsp3) is 0.118. The second kappa shape index (κ2) is 8.32. The Hall–Kier alpha value is -3.40. The fourth-order valence-electron chi connectivity index (χ4n) is 2.30. The van der Waals surface area contributed by atoms with Gasteiger partial charge in [-0.15, -0.1) is 10.2 Å². The number of thioether (sulfide) groups is 1. The number of carbonyl (C=O) groups is 1. The van der Waals surface area contributed by atoms with Crippen LogP contribution in [0.25, 0.3) is 5.69 Å². The van der Waals surface area contributed by atoms with Crippen molar-refractivity contribution in [3.63, 3.8) is 0 Å². The first-order chi connectivity index (χ1) is 13.1. The number of nitrogens with zero attached hydrogens (tertiary/aromatic N) is 4. The minimum absolute atomic E-state index is 0.0225. The molecule has 3 rings (SSSR count). The average Bonchev–Trinajstić information content (AvgIpc) is 3.16. The Morgan fingerprint density at radius 2 is 2.07 bits per heavy atom. The number of para-hydroxylation sites is 1. The Morgan fingerprint density at radius 3 is 2.78 bits per heavy atom. The van der Waals surface area contributed by atoms with Crippen molar-refractivity contribution in [3.05, 3.63) is 65.0 Å². The molecule has 0 unspecified atom stereocenters. The molecule has 1 amide bonds. The molecule has 0 bridgehead atoms. The van der Waals surface area contributed by atoms with E-state index >= 15 is 0 Å².